The first-order valence-corrected chi connectivity index (χ1v) is 4.75. The Labute approximate surface area is 82.4 Å². The van der Waals surface area contributed by atoms with Crippen molar-refractivity contribution in [1.82, 2.24) is 10.2 Å². The lowest BCUT2D eigenvalue weighted by Gasteiger charge is -2.57. The van der Waals surface area contributed by atoms with Crippen LogP contribution in [0.15, 0.2) is 0 Å². The number of hydrogen-bond donors (Lipinski definition) is 1. The van der Waals surface area contributed by atoms with Crippen molar-refractivity contribution in [3.05, 3.63) is 0 Å². The minimum absolute atomic E-state index is 0.0493. The average molecular weight is 198 g/mol. The lowest BCUT2D eigenvalue weighted by atomic mass is 9.88. The molecule has 0 aromatic carbocycles. The Bertz CT molecular complexity index is 277. The molecule has 0 saturated carbocycles. The van der Waals surface area contributed by atoms with Crippen molar-refractivity contribution in [2.75, 3.05) is 6.61 Å². The van der Waals surface area contributed by atoms with Crippen molar-refractivity contribution in [1.29, 1.82) is 0 Å². The van der Waals surface area contributed by atoms with Gasteiger partial charge >= 0.3 is 0 Å². The summed E-state index contributed by atoms with van der Waals surface area (Å²) < 4.78 is 5.49. The number of nitrogens with zero attached hydrogens (tertiary/aromatic N) is 1. The van der Waals surface area contributed by atoms with Gasteiger partial charge in [-0.15, -0.1) is 0 Å². The summed E-state index contributed by atoms with van der Waals surface area (Å²) >= 11 is 0. The van der Waals surface area contributed by atoms with Crippen LogP contribution in [-0.2, 0) is 14.3 Å². The number of carbonyl (C=O) groups is 2. The highest BCUT2D eigenvalue weighted by atomic mass is 16.5. The Morgan fingerprint density at radius 3 is 3.00 bits per heavy atom. The number of amides is 2. The van der Waals surface area contributed by atoms with Crippen LogP contribution in [0.4, 0.5) is 0 Å². The van der Waals surface area contributed by atoms with Crippen LogP contribution < -0.4 is 5.32 Å². The van der Waals surface area contributed by atoms with Crippen LogP contribution >= 0.6 is 0 Å². The number of ether oxygens (including phenoxy) is 1. The van der Waals surface area contributed by atoms with Crippen LogP contribution in [0.25, 0.3) is 0 Å². The molecule has 2 heterocycles. The summed E-state index contributed by atoms with van der Waals surface area (Å²) in [5.41, 5.74) is -0.527. The molecule has 5 heteroatoms. The van der Waals surface area contributed by atoms with Gasteiger partial charge in [0, 0.05) is 0 Å². The van der Waals surface area contributed by atoms with Crippen molar-refractivity contribution < 1.29 is 14.3 Å². The average Bonchev–Trinajstić information content (AvgIpc) is 2.12. The Hall–Kier alpha value is -1.10. The summed E-state index contributed by atoms with van der Waals surface area (Å²) in [5, 5.41) is 2.54. The maximum Gasteiger partial charge on any atom is 0.249 e. The second-order valence-corrected chi connectivity index (χ2v) is 4.12. The van der Waals surface area contributed by atoms with Crippen molar-refractivity contribution >= 4 is 12.3 Å². The normalized spacial score (nSPS) is 34.4. The monoisotopic (exact) mass is 198 g/mol. The highest BCUT2D eigenvalue weighted by Gasteiger charge is 2.55. The standard InChI is InChI=1S/C9H14N2O3/c1-9(2)11-6(3-4-14-9)7(8(11)13)10-5-12/h5-7H,3-4H2,1-2H3,(H,10,12). The van der Waals surface area contributed by atoms with E-state index in [1.54, 1.807) is 4.90 Å². The maximum absolute atomic E-state index is 11.6. The van der Waals surface area contributed by atoms with Crippen molar-refractivity contribution in [2.45, 2.75) is 38.1 Å². The number of carbonyl (C=O) groups excluding carboxylic acids is 2. The first-order chi connectivity index (χ1) is 6.58. The quantitative estimate of drug-likeness (QED) is 0.479. The second kappa shape index (κ2) is 2.95. The van der Waals surface area contributed by atoms with Crippen LogP contribution in [0.5, 0.6) is 0 Å². The van der Waals surface area contributed by atoms with E-state index in [1.807, 2.05) is 13.8 Å². The van der Waals surface area contributed by atoms with Gasteiger partial charge in [0.2, 0.25) is 12.3 Å². The third kappa shape index (κ3) is 1.12. The maximum atomic E-state index is 11.6. The summed E-state index contributed by atoms with van der Waals surface area (Å²) in [6, 6.07) is -0.230. The van der Waals surface area contributed by atoms with Gasteiger partial charge in [-0.2, -0.15) is 0 Å². The smallest absolute Gasteiger partial charge is 0.249 e. The zero-order chi connectivity index (χ0) is 10.3. The fourth-order valence-corrected chi connectivity index (χ4v) is 2.26. The fraction of sp³-hybridized carbons (Fsp3) is 0.778. The Balaban J connectivity index is 2.13. The zero-order valence-electron chi connectivity index (χ0n) is 8.32. The van der Waals surface area contributed by atoms with Gasteiger partial charge in [-0.3, -0.25) is 9.59 Å². The molecule has 2 aliphatic heterocycles. The summed E-state index contributed by atoms with van der Waals surface area (Å²) in [5.74, 6) is -0.0493. The van der Waals surface area contributed by atoms with E-state index in [0.29, 0.717) is 13.0 Å². The Kier molecular flexibility index (Phi) is 1.99. The van der Waals surface area contributed by atoms with Crippen LogP contribution in [-0.4, -0.2) is 41.6 Å². The molecular formula is C9H14N2O3. The molecule has 0 spiro atoms. The van der Waals surface area contributed by atoms with Crippen LogP contribution in [0, 0.1) is 0 Å². The lowest BCUT2D eigenvalue weighted by molar-refractivity contribution is -0.225. The highest BCUT2D eigenvalue weighted by Crippen LogP contribution is 2.35. The van der Waals surface area contributed by atoms with E-state index in [2.05, 4.69) is 5.32 Å². The first kappa shape index (κ1) is 9.45. The van der Waals surface area contributed by atoms with Gasteiger partial charge in [-0.05, 0) is 20.3 Å². The molecular weight excluding hydrogens is 184 g/mol. The molecule has 1 N–H and O–H groups in total. The summed E-state index contributed by atoms with van der Waals surface area (Å²) in [6.07, 6.45) is 1.38. The molecule has 2 atom stereocenters. The fourth-order valence-electron chi connectivity index (χ4n) is 2.26. The molecule has 0 radical (unpaired) electrons. The topological polar surface area (TPSA) is 58.6 Å². The number of β-lactam (4-membered cyclic amide) rings is 1. The minimum Gasteiger partial charge on any atom is -0.356 e. The molecule has 2 saturated heterocycles. The van der Waals surface area contributed by atoms with Gasteiger partial charge in [0.05, 0.1) is 12.6 Å². The first-order valence-electron chi connectivity index (χ1n) is 4.75. The zero-order valence-corrected chi connectivity index (χ0v) is 8.32. The molecule has 2 fully saturated rings. The number of fused-ring (bicyclic) bond motifs is 1. The summed E-state index contributed by atoms with van der Waals surface area (Å²) in [7, 11) is 0. The number of hydrogen-bond acceptors (Lipinski definition) is 3. The molecule has 2 rings (SSSR count). The summed E-state index contributed by atoms with van der Waals surface area (Å²) in [6.45, 7) is 4.38. The van der Waals surface area contributed by atoms with Gasteiger partial charge < -0.3 is 15.0 Å². The van der Waals surface area contributed by atoms with Gasteiger partial charge in [0.15, 0.2) is 0 Å². The van der Waals surface area contributed by atoms with Gasteiger partial charge in [0.1, 0.15) is 11.8 Å². The van der Waals surface area contributed by atoms with E-state index in [9.17, 15) is 9.59 Å². The van der Waals surface area contributed by atoms with E-state index in [1.165, 1.54) is 0 Å². The van der Waals surface area contributed by atoms with E-state index >= 15 is 0 Å². The third-order valence-corrected chi connectivity index (χ3v) is 2.92. The van der Waals surface area contributed by atoms with Gasteiger partial charge in [0.25, 0.3) is 0 Å². The molecule has 0 aromatic heterocycles. The minimum atomic E-state index is -0.527. The summed E-state index contributed by atoms with van der Waals surface area (Å²) in [4.78, 5) is 23.6. The Morgan fingerprint density at radius 1 is 1.64 bits per heavy atom. The number of nitrogens with one attached hydrogen (secondary N) is 1. The molecule has 2 unspecified atom stereocenters. The SMILES string of the molecule is CC1(C)OCCC2C(NC=O)C(=O)N21. The lowest BCUT2D eigenvalue weighted by Crippen LogP contribution is -2.77. The Morgan fingerprint density at radius 2 is 2.36 bits per heavy atom. The molecule has 0 aromatic rings. The van der Waals surface area contributed by atoms with E-state index in [0.717, 1.165) is 6.42 Å². The van der Waals surface area contributed by atoms with E-state index in [4.69, 9.17) is 4.74 Å². The molecule has 14 heavy (non-hydrogen) atoms. The van der Waals surface area contributed by atoms with Crippen molar-refractivity contribution in [2.24, 2.45) is 0 Å². The van der Waals surface area contributed by atoms with Crippen LogP contribution in [0.2, 0.25) is 0 Å². The van der Waals surface area contributed by atoms with Gasteiger partial charge in [-0.25, -0.2) is 0 Å². The van der Waals surface area contributed by atoms with E-state index < -0.39 is 5.72 Å². The van der Waals surface area contributed by atoms with Crippen molar-refractivity contribution in [3.63, 3.8) is 0 Å². The molecule has 2 amide bonds. The number of rotatable bonds is 2. The van der Waals surface area contributed by atoms with E-state index in [-0.39, 0.29) is 18.0 Å². The molecule has 5 nitrogen and oxygen atoms in total. The second-order valence-electron chi connectivity index (χ2n) is 4.12. The molecule has 2 aliphatic rings. The van der Waals surface area contributed by atoms with Gasteiger partial charge in [-0.1, -0.05) is 0 Å². The molecule has 0 aliphatic carbocycles. The molecule has 0 bridgehead atoms. The predicted octanol–water partition coefficient (Wildman–Crippen LogP) is -0.532. The third-order valence-electron chi connectivity index (χ3n) is 2.92. The predicted molar refractivity (Wildman–Crippen MR) is 48.3 cm³/mol. The molecule has 78 valence electrons. The largest absolute Gasteiger partial charge is 0.356 e. The van der Waals surface area contributed by atoms with Crippen LogP contribution in [0.3, 0.4) is 0 Å². The van der Waals surface area contributed by atoms with Crippen LogP contribution in [0.1, 0.15) is 20.3 Å². The van der Waals surface area contributed by atoms with Crippen molar-refractivity contribution in [3.8, 4) is 0 Å². The highest BCUT2D eigenvalue weighted by molar-refractivity contribution is 5.91.